The molecular formula is C22H22N4O4. The average Bonchev–Trinajstić information content (AvgIpc) is 3.30. The molecule has 0 aliphatic heterocycles. The van der Waals surface area contributed by atoms with E-state index in [1.165, 1.54) is 0 Å². The zero-order valence-corrected chi connectivity index (χ0v) is 16.4. The maximum Gasteiger partial charge on any atom is 0.251 e. The molecule has 1 heterocycles. The molecule has 2 aromatic carbocycles. The molecule has 0 atom stereocenters. The Hall–Kier alpha value is -4.07. The summed E-state index contributed by atoms with van der Waals surface area (Å²) in [6.45, 7) is 0.319. The quantitative estimate of drug-likeness (QED) is 0.459. The molecule has 0 saturated heterocycles. The maximum atomic E-state index is 12.3. The zero-order valence-electron chi connectivity index (χ0n) is 16.4. The lowest BCUT2D eigenvalue weighted by molar-refractivity contribution is -0.114. The van der Waals surface area contributed by atoms with Crippen molar-refractivity contribution >= 4 is 29.1 Å². The highest BCUT2D eigenvalue weighted by molar-refractivity contribution is 5.98. The molecule has 8 heteroatoms. The Bertz CT molecular complexity index is 1010. The lowest BCUT2D eigenvalue weighted by Crippen LogP contribution is -2.24. The Kier molecular flexibility index (Phi) is 6.83. The van der Waals surface area contributed by atoms with Gasteiger partial charge in [0.2, 0.25) is 5.91 Å². The Balaban J connectivity index is 1.50. The number of carbonyl (C=O) groups is 3. The third kappa shape index (κ3) is 5.71. The predicted octanol–water partition coefficient (Wildman–Crippen LogP) is 2.62. The Labute approximate surface area is 173 Å². The van der Waals surface area contributed by atoms with Gasteiger partial charge < -0.3 is 25.7 Å². The fourth-order valence-electron chi connectivity index (χ4n) is 2.69. The first-order valence-electron chi connectivity index (χ1n) is 9.31. The molecule has 3 amide bonds. The van der Waals surface area contributed by atoms with E-state index < -0.39 is 0 Å². The summed E-state index contributed by atoms with van der Waals surface area (Å²) < 4.78 is 5.18. The van der Waals surface area contributed by atoms with Crippen LogP contribution in [0.3, 0.4) is 0 Å². The molecule has 0 saturated carbocycles. The van der Waals surface area contributed by atoms with Gasteiger partial charge in [0.1, 0.15) is 5.76 Å². The molecule has 0 fully saturated rings. The lowest BCUT2D eigenvalue weighted by atomic mass is 10.2. The number of nitrogens with one attached hydrogen (secondary N) is 4. The molecular weight excluding hydrogens is 384 g/mol. The van der Waals surface area contributed by atoms with Crippen molar-refractivity contribution in [2.75, 3.05) is 24.2 Å². The molecule has 4 N–H and O–H groups in total. The summed E-state index contributed by atoms with van der Waals surface area (Å²) >= 11 is 0. The molecule has 0 unspecified atom stereocenters. The van der Waals surface area contributed by atoms with Crippen molar-refractivity contribution in [3.05, 3.63) is 83.8 Å². The molecule has 0 bridgehead atoms. The number of amides is 3. The number of anilines is 2. The average molecular weight is 406 g/mol. The number of rotatable bonds is 8. The van der Waals surface area contributed by atoms with Crippen molar-refractivity contribution in [1.29, 1.82) is 0 Å². The van der Waals surface area contributed by atoms with Gasteiger partial charge in [-0.25, -0.2) is 0 Å². The molecule has 154 valence electrons. The van der Waals surface area contributed by atoms with Crippen LogP contribution < -0.4 is 21.3 Å². The van der Waals surface area contributed by atoms with E-state index >= 15 is 0 Å². The van der Waals surface area contributed by atoms with Crippen LogP contribution in [0.5, 0.6) is 0 Å². The molecule has 0 radical (unpaired) electrons. The minimum atomic E-state index is -0.267. The molecule has 3 aromatic rings. The first-order chi connectivity index (χ1) is 14.5. The number of furan rings is 1. The van der Waals surface area contributed by atoms with Gasteiger partial charge in [-0.05, 0) is 54.6 Å². The van der Waals surface area contributed by atoms with Gasteiger partial charge in [0, 0.05) is 29.5 Å². The SMILES string of the molecule is CNC(=O)c1ccc(NCC(=O)Nc2cccc(C(=O)NCc3ccco3)c2)cc1. The number of hydrogen-bond donors (Lipinski definition) is 4. The van der Waals surface area contributed by atoms with Gasteiger partial charge in [-0.15, -0.1) is 0 Å². The van der Waals surface area contributed by atoms with E-state index in [9.17, 15) is 14.4 Å². The Morgan fingerprint density at radius 2 is 1.67 bits per heavy atom. The van der Waals surface area contributed by atoms with Gasteiger partial charge >= 0.3 is 0 Å². The van der Waals surface area contributed by atoms with Crippen LogP contribution >= 0.6 is 0 Å². The number of carbonyl (C=O) groups excluding carboxylic acids is 3. The number of hydrogen-bond acceptors (Lipinski definition) is 5. The van der Waals surface area contributed by atoms with Crippen LogP contribution in [0.4, 0.5) is 11.4 Å². The van der Waals surface area contributed by atoms with E-state index in [1.54, 1.807) is 74.0 Å². The van der Waals surface area contributed by atoms with Crippen LogP contribution in [0.15, 0.2) is 71.3 Å². The van der Waals surface area contributed by atoms with Crippen molar-refractivity contribution < 1.29 is 18.8 Å². The van der Waals surface area contributed by atoms with Crippen molar-refractivity contribution in [2.45, 2.75) is 6.54 Å². The Morgan fingerprint density at radius 3 is 2.37 bits per heavy atom. The van der Waals surface area contributed by atoms with Gasteiger partial charge in [0.25, 0.3) is 11.8 Å². The third-order valence-corrected chi connectivity index (χ3v) is 4.24. The summed E-state index contributed by atoms with van der Waals surface area (Å²) in [6, 6.07) is 17.0. The second kappa shape index (κ2) is 9.92. The summed E-state index contributed by atoms with van der Waals surface area (Å²) in [7, 11) is 1.57. The van der Waals surface area contributed by atoms with Gasteiger partial charge in [0.05, 0.1) is 19.4 Å². The summed E-state index contributed by atoms with van der Waals surface area (Å²) in [5, 5.41) is 11.0. The van der Waals surface area contributed by atoms with Crippen LogP contribution in [0.2, 0.25) is 0 Å². The Morgan fingerprint density at radius 1 is 0.867 bits per heavy atom. The van der Waals surface area contributed by atoms with Gasteiger partial charge in [-0.2, -0.15) is 0 Å². The van der Waals surface area contributed by atoms with Gasteiger partial charge in [-0.1, -0.05) is 6.07 Å². The van der Waals surface area contributed by atoms with E-state index in [1.807, 2.05) is 0 Å². The highest BCUT2D eigenvalue weighted by Crippen LogP contribution is 2.12. The molecule has 0 aliphatic rings. The van der Waals surface area contributed by atoms with Crippen molar-refractivity contribution in [3.63, 3.8) is 0 Å². The molecule has 0 aliphatic carbocycles. The minimum absolute atomic E-state index is 0.0360. The zero-order chi connectivity index (χ0) is 21.3. The second-order valence-electron chi connectivity index (χ2n) is 6.40. The molecule has 3 rings (SSSR count). The summed E-state index contributed by atoms with van der Waals surface area (Å²) in [4.78, 5) is 36.0. The van der Waals surface area contributed by atoms with Crippen LogP contribution in [-0.2, 0) is 11.3 Å². The first-order valence-corrected chi connectivity index (χ1v) is 9.31. The summed E-state index contributed by atoms with van der Waals surface area (Å²) in [6.07, 6.45) is 1.54. The normalized spacial score (nSPS) is 10.2. The highest BCUT2D eigenvalue weighted by Gasteiger charge is 2.09. The standard InChI is InChI=1S/C22H22N4O4/c1-23-21(28)15-7-9-17(10-8-15)24-14-20(27)26-18-5-2-4-16(12-18)22(29)25-13-19-6-3-11-30-19/h2-12,24H,13-14H2,1H3,(H,23,28)(H,25,29)(H,26,27). The number of benzene rings is 2. The van der Waals surface area contributed by atoms with Crippen molar-refractivity contribution in [2.24, 2.45) is 0 Å². The van der Waals surface area contributed by atoms with Crippen LogP contribution in [0.1, 0.15) is 26.5 Å². The molecule has 8 nitrogen and oxygen atoms in total. The predicted molar refractivity (Wildman–Crippen MR) is 113 cm³/mol. The third-order valence-electron chi connectivity index (χ3n) is 4.24. The fraction of sp³-hybridized carbons (Fsp3) is 0.136. The largest absolute Gasteiger partial charge is 0.467 e. The van der Waals surface area contributed by atoms with E-state index in [-0.39, 0.29) is 30.8 Å². The molecule has 30 heavy (non-hydrogen) atoms. The fourth-order valence-corrected chi connectivity index (χ4v) is 2.69. The van der Waals surface area contributed by atoms with Crippen molar-refractivity contribution in [1.82, 2.24) is 10.6 Å². The van der Waals surface area contributed by atoms with Crippen LogP contribution in [0.25, 0.3) is 0 Å². The molecule has 0 spiro atoms. The van der Waals surface area contributed by atoms with Crippen molar-refractivity contribution in [3.8, 4) is 0 Å². The van der Waals surface area contributed by atoms with E-state index in [2.05, 4.69) is 21.3 Å². The summed E-state index contributed by atoms with van der Waals surface area (Å²) in [5.74, 6) is -0.0510. The smallest absolute Gasteiger partial charge is 0.251 e. The topological polar surface area (TPSA) is 112 Å². The van der Waals surface area contributed by atoms with E-state index in [0.717, 1.165) is 0 Å². The van der Waals surface area contributed by atoms with Crippen LogP contribution in [0, 0.1) is 0 Å². The maximum absolute atomic E-state index is 12.3. The van der Waals surface area contributed by atoms with Gasteiger partial charge in [-0.3, -0.25) is 14.4 Å². The summed E-state index contributed by atoms with van der Waals surface area (Å²) in [5.41, 5.74) is 2.19. The molecule has 1 aromatic heterocycles. The second-order valence-corrected chi connectivity index (χ2v) is 6.40. The monoisotopic (exact) mass is 406 g/mol. The van der Waals surface area contributed by atoms with E-state index in [0.29, 0.717) is 28.3 Å². The van der Waals surface area contributed by atoms with Gasteiger partial charge in [0.15, 0.2) is 0 Å². The first kappa shape index (κ1) is 20.7. The van der Waals surface area contributed by atoms with E-state index in [4.69, 9.17) is 4.42 Å². The minimum Gasteiger partial charge on any atom is -0.467 e. The van der Waals surface area contributed by atoms with Crippen LogP contribution in [-0.4, -0.2) is 31.3 Å². The lowest BCUT2D eigenvalue weighted by Gasteiger charge is -2.10. The highest BCUT2D eigenvalue weighted by atomic mass is 16.3.